The fraction of sp³-hybridized carbons (Fsp3) is 0.385. The summed E-state index contributed by atoms with van der Waals surface area (Å²) in [5.41, 5.74) is 7.11. The second kappa shape index (κ2) is 6.38. The van der Waals surface area contributed by atoms with Crippen molar-refractivity contribution in [2.75, 3.05) is 26.7 Å². The van der Waals surface area contributed by atoms with Crippen LogP contribution in [-0.2, 0) is 0 Å². The Bertz CT molecular complexity index is 282. The Kier molecular flexibility index (Phi) is 5.08. The van der Waals surface area contributed by atoms with Gasteiger partial charge in [-0.15, -0.1) is 6.58 Å². The molecule has 0 saturated carbocycles. The molecule has 0 aliphatic carbocycles. The van der Waals surface area contributed by atoms with Crippen molar-refractivity contribution in [2.45, 2.75) is 5.92 Å². The minimum Gasteiger partial charge on any atom is -0.330 e. The van der Waals surface area contributed by atoms with Gasteiger partial charge in [0.2, 0.25) is 0 Å². The molecule has 1 rings (SSSR count). The Morgan fingerprint density at radius 1 is 1.40 bits per heavy atom. The molecule has 1 unspecified atom stereocenters. The molecule has 1 aromatic carbocycles. The van der Waals surface area contributed by atoms with Crippen molar-refractivity contribution in [2.24, 2.45) is 5.73 Å². The summed E-state index contributed by atoms with van der Waals surface area (Å²) in [7, 11) is 2.09. The second-order valence-electron chi connectivity index (χ2n) is 3.85. The predicted molar refractivity (Wildman–Crippen MR) is 65.9 cm³/mol. The quantitative estimate of drug-likeness (QED) is 0.716. The van der Waals surface area contributed by atoms with Gasteiger partial charge in [-0.2, -0.15) is 0 Å². The SMILES string of the molecule is C=CCN(C)CC(CN)c1ccccc1. The lowest BCUT2D eigenvalue weighted by molar-refractivity contribution is 0.343. The number of likely N-dealkylation sites (N-methyl/N-ethyl adjacent to an activating group) is 1. The summed E-state index contributed by atoms with van der Waals surface area (Å²) in [5.74, 6) is 0.413. The Balaban J connectivity index is 2.60. The first-order valence-corrected chi connectivity index (χ1v) is 5.32. The number of nitrogens with zero attached hydrogens (tertiary/aromatic N) is 1. The van der Waals surface area contributed by atoms with Crippen molar-refractivity contribution < 1.29 is 0 Å². The molecule has 1 atom stereocenters. The molecule has 0 saturated heterocycles. The molecular formula is C13H20N2. The predicted octanol–water partition coefficient (Wildman–Crippen LogP) is 1.85. The van der Waals surface area contributed by atoms with Crippen molar-refractivity contribution in [3.63, 3.8) is 0 Å². The smallest absolute Gasteiger partial charge is 0.0157 e. The van der Waals surface area contributed by atoms with Crippen LogP contribution in [0.5, 0.6) is 0 Å². The molecule has 82 valence electrons. The molecule has 0 amide bonds. The third kappa shape index (κ3) is 3.86. The molecule has 0 radical (unpaired) electrons. The summed E-state index contributed by atoms with van der Waals surface area (Å²) < 4.78 is 0. The van der Waals surface area contributed by atoms with E-state index in [2.05, 4.69) is 42.8 Å². The van der Waals surface area contributed by atoms with E-state index in [1.54, 1.807) is 0 Å². The molecule has 0 aliphatic rings. The Morgan fingerprint density at radius 2 is 2.07 bits per heavy atom. The summed E-state index contributed by atoms with van der Waals surface area (Å²) in [6, 6.07) is 10.4. The molecule has 2 heteroatoms. The number of nitrogens with two attached hydrogens (primary N) is 1. The van der Waals surface area contributed by atoms with Gasteiger partial charge in [0.1, 0.15) is 0 Å². The van der Waals surface area contributed by atoms with Crippen molar-refractivity contribution in [3.8, 4) is 0 Å². The summed E-state index contributed by atoms with van der Waals surface area (Å²) in [5, 5.41) is 0. The highest BCUT2D eigenvalue weighted by molar-refractivity contribution is 5.20. The summed E-state index contributed by atoms with van der Waals surface area (Å²) >= 11 is 0. The zero-order valence-electron chi connectivity index (χ0n) is 9.39. The third-order valence-electron chi connectivity index (χ3n) is 2.53. The summed E-state index contributed by atoms with van der Waals surface area (Å²) in [6.45, 7) is 6.30. The van der Waals surface area contributed by atoms with Crippen molar-refractivity contribution in [1.82, 2.24) is 4.90 Å². The second-order valence-corrected chi connectivity index (χ2v) is 3.85. The van der Waals surface area contributed by atoms with Crippen LogP contribution < -0.4 is 5.73 Å². The van der Waals surface area contributed by atoms with Crippen LogP contribution in [-0.4, -0.2) is 31.6 Å². The first-order chi connectivity index (χ1) is 7.27. The number of rotatable bonds is 6. The largest absolute Gasteiger partial charge is 0.330 e. The minimum absolute atomic E-state index is 0.413. The average molecular weight is 204 g/mol. The van der Waals surface area contributed by atoms with Crippen LogP contribution in [0.15, 0.2) is 43.0 Å². The lowest BCUT2D eigenvalue weighted by Crippen LogP contribution is -2.28. The van der Waals surface area contributed by atoms with E-state index in [1.807, 2.05) is 12.1 Å². The van der Waals surface area contributed by atoms with Crippen molar-refractivity contribution in [1.29, 1.82) is 0 Å². The molecule has 1 aromatic rings. The van der Waals surface area contributed by atoms with Gasteiger partial charge in [-0.25, -0.2) is 0 Å². The van der Waals surface area contributed by atoms with Gasteiger partial charge in [-0.05, 0) is 12.6 Å². The molecule has 0 aliphatic heterocycles. The van der Waals surface area contributed by atoms with Gasteiger partial charge in [-0.3, -0.25) is 0 Å². The average Bonchev–Trinajstić information content (AvgIpc) is 2.27. The fourth-order valence-corrected chi connectivity index (χ4v) is 1.71. The highest BCUT2D eigenvalue weighted by atomic mass is 15.1. The maximum absolute atomic E-state index is 5.80. The van der Waals surface area contributed by atoms with Gasteiger partial charge in [-0.1, -0.05) is 36.4 Å². The van der Waals surface area contributed by atoms with E-state index in [-0.39, 0.29) is 0 Å². The van der Waals surface area contributed by atoms with E-state index in [9.17, 15) is 0 Å². The van der Waals surface area contributed by atoms with Crippen LogP contribution in [0, 0.1) is 0 Å². The maximum atomic E-state index is 5.80. The van der Waals surface area contributed by atoms with E-state index >= 15 is 0 Å². The highest BCUT2D eigenvalue weighted by Gasteiger charge is 2.10. The van der Waals surface area contributed by atoms with Gasteiger partial charge in [0.25, 0.3) is 0 Å². The molecule has 0 heterocycles. The van der Waals surface area contributed by atoms with Crippen LogP contribution in [0.25, 0.3) is 0 Å². The normalized spacial score (nSPS) is 12.7. The highest BCUT2D eigenvalue weighted by Crippen LogP contribution is 2.14. The molecule has 2 nitrogen and oxygen atoms in total. The van der Waals surface area contributed by atoms with Crippen LogP contribution in [0.3, 0.4) is 0 Å². The van der Waals surface area contributed by atoms with Crippen LogP contribution in [0.2, 0.25) is 0 Å². The topological polar surface area (TPSA) is 29.3 Å². The van der Waals surface area contributed by atoms with Crippen molar-refractivity contribution >= 4 is 0 Å². The number of hydrogen-bond acceptors (Lipinski definition) is 2. The van der Waals surface area contributed by atoms with Gasteiger partial charge in [0.05, 0.1) is 0 Å². The fourth-order valence-electron chi connectivity index (χ4n) is 1.71. The molecular weight excluding hydrogens is 184 g/mol. The monoisotopic (exact) mass is 204 g/mol. The van der Waals surface area contributed by atoms with Gasteiger partial charge >= 0.3 is 0 Å². The van der Waals surface area contributed by atoms with E-state index in [1.165, 1.54) is 5.56 Å². The summed E-state index contributed by atoms with van der Waals surface area (Å²) in [4.78, 5) is 2.23. The molecule has 0 spiro atoms. The molecule has 15 heavy (non-hydrogen) atoms. The molecule has 0 fully saturated rings. The standard InChI is InChI=1S/C13H20N2/c1-3-9-15(2)11-13(10-14)12-7-5-4-6-8-12/h3-8,13H,1,9-11,14H2,2H3. The van der Waals surface area contributed by atoms with Crippen LogP contribution >= 0.6 is 0 Å². The van der Waals surface area contributed by atoms with Crippen LogP contribution in [0.4, 0.5) is 0 Å². The summed E-state index contributed by atoms with van der Waals surface area (Å²) in [6.07, 6.45) is 1.92. The van der Waals surface area contributed by atoms with E-state index < -0.39 is 0 Å². The Morgan fingerprint density at radius 3 is 2.60 bits per heavy atom. The van der Waals surface area contributed by atoms with E-state index in [0.29, 0.717) is 12.5 Å². The van der Waals surface area contributed by atoms with Gasteiger partial charge in [0, 0.05) is 25.6 Å². The van der Waals surface area contributed by atoms with Crippen LogP contribution in [0.1, 0.15) is 11.5 Å². The first kappa shape index (κ1) is 12.0. The van der Waals surface area contributed by atoms with E-state index in [4.69, 9.17) is 5.73 Å². The number of hydrogen-bond donors (Lipinski definition) is 1. The lowest BCUT2D eigenvalue weighted by atomic mass is 9.99. The number of benzene rings is 1. The molecule has 0 bridgehead atoms. The zero-order chi connectivity index (χ0) is 11.1. The Labute approximate surface area is 92.4 Å². The molecule has 0 aromatic heterocycles. The third-order valence-corrected chi connectivity index (χ3v) is 2.53. The first-order valence-electron chi connectivity index (χ1n) is 5.32. The van der Waals surface area contributed by atoms with Crippen molar-refractivity contribution in [3.05, 3.63) is 48.6 Å². The van der Waals surface area contributed by atoms with Gasteiger partial charge in [0.15, 0.2) is 0 Å². The Hall–Kier alpha value is -1.12. The molecule has 2 N–H and O–H groups in total. The minimum atomic E-state index is 0.413. The van der Waals surface area contributed by atoms with E-state index in [0.717, 1.165) is 13.1 Å². The lowest BCUT2D eigenvalue weighted by Gasteiger charge is -2.22. The maximum Gasteiger partial charge on any atom is 0.0157 e. The van der Waals surface area contributed by atoms with Gasteiger partial charge < -0.3 is 10.6 Å². The zero-order valence-corrected chi connectivity index (χ0v) is 9.39.